The fourth-order valence-corrected chi connectivity index (χ4v) is 3.85. The summed E-state index contributed by atoms with van der Waals surface area (Å²) >= 11 is 0. The third-order valence-electron chi connectivity index (χ3n) is 4.52. The quantitative estimate of drug-likeness (QED) is 0.721. The molecule has 0 spiro atoms. The maximum Gasteiger partial charge on any atom is 0.217 e. The molecule has 0 saturated heterocycles. The van der Waals surface area contributed by atoms with Crippen LogP contribution in [-0.4, -0.2) is 36.9 Å². The van der Waals surface area contributed by atoms with Crippen LogP contribution in [0.4, 0.5) is 5.69 Å². The van der Waals surface area contributed by atoms with E-state index in [0.717, 1.165) is 27.0 Å². The molecule has 0 saturated carbocycles. The number of fused-ring (bicyclic) bond motifs is 2. The second-order valence-corrected chi connectivity index (χ2v) is 8.80. The number of H-pyrrole nitrogens is 1. The van der Waals surface area contributed by atoms with Crippen molar-refractivity contribution in [2.24, 2.45) is 10.2 Å². The van der Waals surface area contributed by atoms with Crippen molar-refractivity contribution >= 4 is 38.9 Å². The largest absolute Gasteiger partial charge is 0.494 e. The fourth-order valence-electron chi connectivity index (χ4n) is 2.99. The highest BCUT2D eigenvalue weighted by Crippen LogP contribution is 2.29. The highest BCUT2D eigenvalue weighted by Gasteiger charge is 2.16. The Morgan fingerprint density at radius 2 is 2.00 bits per heavy atom. The maximum absolute atomic E-state index is 12.2. The van der Waals surface area contributed by atoms with Gasteiger partial charge in [-0.25, -0.2) is 12.7 Å². The minimum atomic E-state index is -3.37. The van der Waals surface area contributed by atoms with Crippen LogP contribution in [-0.2, 0) is 15.8 Å². The summed E-state index contributed by atoms with van der Waals surface area (Å²) in [5.41, 5.74) is 2.77. The third-order valence-corrected chi connectivity index (χ3v) is 6.33. The molecule has 2 aromatic carbocycles. The number of hydrogen-bond donors (Lipinski definition) is 2. The van der Waals surface area contributed by atoms with Gasteiger partial charge >= 0.3 is 0 Å². The summed E-state index contributed by atoms with van der Waals surface area (Å²) in [4.78, 5) is 2.93. The second kappa shape index (κ2) is 6.33. The van der Waals surface area contributed by atoms with E-state index in [9.17, 15) is 13.5 Å². The summed E-state index contributed by atoms with van der Waals surface area (Å²) in [6, 6.07) is 11.0. The summed E-state index contributed by atoms with van der Waals surface area (Å²) in [6.45, 7) is 0. The maximum atomic E-state index is 12.2. The molecule has 0 unspecified atom stereocenters. The van der Waals surface area contributed by atoms with E-state index in [2.05, 4.69) is 15.2 Å². The lowest BCUT2D eigenvalue weighted by Gasteiger charge is -2.11. The predicted molar refractivity (Wildman–Crippen MR) is 105 cm³/mol. The minimum Gasteiger partial charge on any atom is -0.494 e. The molecule has 4 rings (SSSR count). The van der Waals surface area contributed by atoms with Crippen LogP contribution in [0.2, 0.25) is 0 Å². The molecule has 138 valence electrons. The zero-order valence-corrected chi connectivity index (χ0v) is 15.7. The summed E-state index contributed by atoms with van der Waals surface area (Å²) in [5.74, 6) is -0.0672. The van der Waals surface area contributed by atoms with Crippen molar-refractivity contribution in [3.63, 3.8) is 0 Å². The number of rotatable bonds is 4. The molecular formula is C19H18N4O3S. The van der Waals surface area contributed by atoms with Crippen LogP contribution in [0.15, 0.2) is 46.6 Å². The molecule has 0 radical (unpaired) electrons. The van der Waals surface area contributed by atoms with Crippen LogP contribution < -0.4 is 10.4 Å². The van der Waals surface area contributed by atoms with E-state index in [1.807, 2.05) is 24.3 Å². The average molecular weight is 382 g/mol. The molecule has 1 aliphatic rings. The van der Waals surface area contributed by atoms with E-state index in [1.165, 1.54) is 18.4 Å². The molecule has 0 bridgehead atoms. The Morgan fingerprint density at radius 3 is 2.78 bits per heavy atom. The number of aromatic amines is 1. The van der Waals surface area contributed by atoms with Gasteiger partial charge in [0.1, 0.15) is 0 Å². The van der Waals surface area contributed by atoms with Crippen molar-refractivity contribution in [1.29, 1.82) is 0 Å². The number of sulfonamides is 1. The standard InChI is InChI=1S/C19H18N4O3S/c1-23(2)27(25,26)11-13-4-6-17-15(8-13)16(19(24)21-17)7-12-3-5-14-10-20-22-18(14)9-12/h3-10,21,24H,11H2,1-2H3/b12-7-. The Bertz CT molecular complexity index is 1300. The Kier molecular flexibility index (Phi) is 4.09. The van der Waals surface area contributed by atoms with E-state index in [-0.39, 0.29) is 11.6 Å². The molecule has 7 nitrogen and oxygen atoms in total. The van der Waals surface area contributed by atoms with Gasteiger partial charge in [-0.05, 0) is 35.1 Å². The highest BCUT2D eigenvalue weighted by molar-refractivity contribution is 7.88. The smallest absolute Gasteiger partial charge is 0.217 e. The summed E-state index contributed by atoms with van der Waals surface area (Å²) in [5, 5.41) is 20.9. The Balaban J connectivity index is 1.82. The molecule has 2 heterocycles. The van der Waals surface area contributed by atoms with Gasteiger partial charge in [0, 0.05) is 35.8 Å². The van der Waals surface area contributed by atoms with Crippen molar-refractivity contribution in [3.8, 4) is 5.88 Å². The van der Waals surface area contributed by atoms with Crippen LogP contribution in [0.3, 0.4) is 0 Å². The van der Waals surface area contributed by atoms with E-state index in [0.29, 0.717) is 11.1 Å². The van der Waals surface area contributed by atoms with E-state index in [4.69, 9.17) is 0 Å². The number of aromatic hydroxyl groups is 1. The van der Waals surface area contributed by atoms with Gasteiger partial charge in [0.25, 0.3) is 0 Å². The Hall–Kier alpha value is -2.97. The number of nitrogens with one attached hydrogen (secondary N) is 1. The van der Waals surface area contributed by atoms with E-state index in [1.54, 1.807) is 24.4 Å². The molecule has 0 atom stereocenters. The average Bonchev–Trinajstić information content (AvgIpc) is 3.19. The van der Waals surface area contributed by atoms with Crippen molar-refractivity contribution < 1.29 is 13.5 Å². The number of benzene rings is 2. The molecule has 27 heavy (non-hydrogen) atoms. The minimum absolute atomic E-state index is 0.0336. The molecule has 0 aliphatic carbocycles. The molecular weight excluding hydrogens is 364 g/mol. The first-order valence-corrected chi connectivity index (χ1v) is 9.91. The summed E-state index contributed by atoms with van der Waals surface area (Å²) < 4.78 is 25.5. The number of aromatic nitrogens is 1. The summed E-state index contributed by atoms with van der Waals surface area (Å²) in [7, 11) is -0.344. The fraction of sp³-hybridized carbons (Fsp3) is 0.158. The van der Waals surface area contributed by atoms with Crippen molar-refractivity contribution in [3.05, 3.63) is 58.0 Å². The first-order chi connectivity index (χ1) is 12.8. The Morgan fingerprint density at radius 1 is 1.19 bits per heavy atom. The van der Waals surface area contributed by atoms with Crippen LogP contribution >= 0.6 is 0 Å². The third kappa shape index (κ3) is 3.24. The topological polar surface area (TPSA) is 98.1 Å². The van der Waals surface area contributed by atoms with Gasteiger partial charge in [0.05, 0.1) is 17.6 Å². The van der Waals surface area contributed by atoms with Crippen LogP contribution in [0.5, 0.6) is 5.88 Å². The number of nitrogens with zero attached hydrogens (tertiary/aromatic N) is 3. The van der Waals surface area contributed by atoms with Gasteiger partial charge in [-0.2, -0.15) is 10.2 Å². The van der Waals surface area contributed by atoms with Gasteiger partial charge in [-0.1, -0.05) is 18.2 Å². The van der Waals surface area contributed by atoms with Crippen LogP contribution in [0.25, 0.3) is 23.2 Å². The number of hydrogen-bond acceptors (Lipinski definition) is 5. The normalized spacial score (nSPS) is 14.1. The lowest BCUT2D eigenvalue weighted by Crippen LogP contribution is -2.23. The zero-order chi connectivity index (χ0) is 19.2. The SMILES string of the molecule is CN(C)S(=O)(=O)Cc1ccc2[nH]c(O)c(/C=c3/ccc4c(c3)N=NC=4)c2c1. The van der Waals surface area contributed by atoms with Crippen molar-refractivity contribution in [2.75, 3.05) is 14.1 Å². The molecule has 1 aliphatic heterocycles. The van der Waals surface area contributed by atoms with Crippen molar-refractivity contribution in [1.82, 2.24) is 9.29 Å². The molecule has 2 N–H and O–H groups in total. The lowest BCUT2D eigenvalue weighted by atomic mass is 10.1. The molecule has 0 amide bonds. The van der Waals surface area contributed by atoms with Crippen molar-refractivity contribution in [2.45, 2.75) is 5.75 Å². The van der Waals surface area contributed by atoms with Crippen LogP contribution in [0, 0.1) is 0 Å². The molecule has 1 aromatic heterocycles. The molecule has 0 fully saturated rings. The zero-order valence-electron chi connectivity index (χ0n) is 14.8. The van der Waals surface area contributed by atoms with Gasteiger partial charge in [0.2, 0.25) is 10.0 Å². The summed E-state index contributed by atoms with van der Waals surface area (Å²) in [6.07, 6.45) is 3.53. The van der Waals surface area contributed by atoms with Gasteiger partial charge in [-0.15, -0.1) is 0 Å². The highest BCUT2D eigenvalue weighted by atomic mass is 32.2. The lowest BCUT2D eigenvalue weighted by molar-refractivity contribution is 0.457. The first kappa shape index (κ1) is 17.4. The first-order valence-electron chi connectivity index (χ1n) is 8.30. The van der Waals surface area contributed by atoms with Gasteiger partial charge in [-0.3, -0.25) is 0 Å². The van der Waals surface area contributed by atoms with Crippen LogP contribution in [0.1, 0.15) is 11.1 Å². The monoisotopic (exact) mass is 382 g/mol. The molecule has 3 aromatic rings. The Labute approximate surface area is 156 Å². The van der Waals surface area contributed by atoms with E-state index < -0.39 is 10.0 Å². The number of azo groups is 1. The van der Waals surface area contributed by atoms with Gasteiger partial charge in [0.15, 0.2) is 5.88 Å². The molecule has 8 heteroatoms. The predicted octanol–water partition coefficient (Wildman–Crippen LogP) is 1.93. The van der Waals surface area contributed by atoms with E-state index >= 15 is 0 Å². The van der Waals surface area contributed by atoms with Gasteiger partial charge < -0.3 is 10.1 Å². The second-order valence-electron chi connectivity index (χ2n) is 6.61.